The number of likely N-dealkylation sites (tertiary alicyclic amines) is 1. The topological polar surface area (TPSA) is 49.4 Å². The van der Waals surface area contributed by atoms with E-state index in [1.807, 2.05) is 0 Å². The third-order valence-corrected chi connectivity index (χ3v) is 10.2. The first-order valence-electron chi connectivity index (χ1n) is 12.9. The second-order valence-corrected chi connectivity index (χ2v) is 12.3. The number of allylic oxidation sites excluding steroid dienone is 2. The van der Waals surface area contributed by atoms with E-state index >= 15 is 0 Å². The maximum Gasteiger partial charge on any atom is 0.239 e. The molecule has 4 nitrogen and oxygen atoms in total. The Kier molecular flexibility index (Phi) is 5.00. The zero-order valence-corrected chi connectivity index (χ0v) is 20.5. The predicted octanol–water partition coefficient (Wildman–Crippen LogP) is 6.42. The van der Waals surface area contributed by atoms with Gasteiger partial charge in [-0.15, -0.1) is 0 Å². The Morgan fingerprint density at radius 2 is 1.82 bits per heavy atom. The van der Waals surface area contributed by atoms with E-state index in [2.05, 4.69) is 30.1 Å². The zero-order valence-electron chi connectivity index (χ0n) is 19.8. The lowest BCUT2D eigenvalue weighted by atomic mass is 9.49. The van der Waals surface area contributed by atoms with Crippen LogP contribution in [0.3, 0.4) is 0 Å². The van der Waals surface area contributed by atoms with Gasteiger partial charge in [-0.2, -0.15) is 0 Å². The van der Waals surface area contributed by atoms with Gasteiger partial charge in [0.15, 0.2) is 0 Å². The molecule has 0 radical (unpaired) electrons. The first-order valence-corrected chi connectivity index (χ1v) is 13.3. The minimum Gasteiger partial charge on any atom is -0.325 e. The standard InChI is InChI=1S/C28H35ClN2O2/c1-27-14-3-4-22(27)20-11-12-24-28(2,23(20)13-15-27)16-21(26(33)31(24)19-9-10-19)25(32)30-18-7-5-17(29)6-8-18/h5-8,12,19-23H,3-4,9-11,13-16H2,1-2H3,(H,30,32)/t20-,21?,22-,23+,27-,28+/m0/s1. The van der Waals surface area contributed by atoms with Crippen LogP contribution in [0.5, 0.6) is 0 Å². The van der Waals surface area contributed by atoms with Crippen LogP contribution < -0.4 is 5.32 Å². The molecule has 3 saturated carbocycles. The normalized spacial score (nSPS) is 39.9. The molecule has 1 unspecified atom stereocenters. The lowest BCUT2D eigenvalue weighted by Crippen LogP contribution is -2.58. The number of fused-ring (bicyclic) bond motifs is 5. The van der Waals surface area contributed by atoms with Crippen molar-refractivity contribution in [3.8, 4) is 0 Å². The molecule has 6 rings (SSSR count). The van der Waals surface area contributed by atoms with Crippen molar-refractivity contribution in [3.63, 3.8) is 0 Å². The first kappa shape index (κ1) is 21.7. The third-order valence-electron chi connectivity index (χ3n) is 9.97. The van der Waals surface area contributed by atoms with Gasteiger partial charge in [0.25, 0.3) is 0 Å². The van der Waals surface area contributed by atoms with Gasteiger partial charge < -0.3 is 10.2 Å². The van der Waals surface area contributed by atoms with Crippen LogP contribution >= 0.6 is 11.6 Å². The molecule has 1 N–H and O–H groups in total. The van der Waals surface area contributed by atoms with Gasteiger partial charge in [0, 0.05) is 27.9 Å². The van der Waals surface area contributed by atoms with Crippen LogP contribution in [-0.2, 0) is 9.59 Å². The molecule has 1 heterocycles. The number of carbonyl (C=O) groups excluding carboxylic acids is 2. The monoisotopic (exact) mass is 466 g/mol. The van der Waals surface area contributed by atoms with Crippen molar-refractivity contribution in [1.29, 1.82) is 0 Å². The molecule has 1 aliphatic heterocycles. The smallest absolute Gasteiger partial charge is 0.239 e. The van der Waals surface area contributed by atoms with E-state index in [-0.39, 0.29) is 23.3 Å². The van der Waals surface area contributed by atoms with Crippen molar-refractivity contribution in [2.75, 3.05) is 5.32 Å². The van der Waals surface area contributed by atoms with Gasteiger partial charge in [0.2, 0.25) is 11.8 Å². The number of nitrogens with one attached hydrogen (secondary N) is 1. The molecule has 1 saturated heterocycles. The molecule has 0 aromatic heterocycles. The van der Waals surface area contributed by atoms with Crippen molar-refractivity contribution in [2.45, 2.75) is 77.7 Å². The van der Waals surface area contributed by atoms with Crippen molar-refractivity contribution in [1.82, 2.24) is 4.90 Å². The molecule has 176 valence electrons. The number of benzene rings is 1. The van der Waals surface area contributed by atoms with Crippen LogP contribution in [0.1, 0.15) is 71.6 Å². The van der Waals surface area contributed by atoms with Crippen molar-refractivity contribution < 1.29 is 9.59 Å². The van der Waals surface area contributed by atoms with E-state index in [4.69, 9.17) is 11.6 Å². The van der Waals surface area contributed by atoms with Crippen LogP contribution in [0.4, 0.5) is 5.69 Å². The Labute approximate surface area is 202 Å². The lowest BCUT2D eigenvalue weighted by Gasteiger charge is -2.59. The first-order chi connectivity index (χ1) is 15.8. The summed E-state index contributed by atoms with van der Waals surface area (Å²) in [5.74, 6) is 1.26. The predicted molar refractivity (Wildman–Crippen MR) is 131 cm³/mol. The summed E-state index contributed by atoms with van der Waals surface area (Å²) < 4.78 is 0. The van der Waals surface area contributed by atoms with Gasteiger partial charge in [0.1, 0.15) is 5.92 Å². The number of carbonyl (C=O) groups is 2. The average Bonchev–Trinajstić information content (AvgIpc) is 3.54. The molecule has 2 amide bonds. The number of rotatable bonds is 3. The Morgan fingerprint density at radius 1 is 1.06 bits per heavy atom. The summed E-state index contributed by atoms with van der Waals surface area (Å²) in [7, 11) is 0. The molecule has 6 atom stereocenters. The van der Waals surface area contributed by atoms with Crippen molar-refractivity contribution >= 4 is 29.1 Å². The molecule has 33 heavy (non-hydrogen) atoms. The lowest BCUT2D eigenvalue weighted by molar-refractivity contribution is -0.149. The summed E-state index contributed by atoms with van der Waals surface area (Å²) in [6.07, 6.45) is 12.9. The second kappa shape index (κ2) is 7.60. The summed E-state index contributed by atoms with van der Waals surface area (Å²) in [6.45, 7) is 4.89. The summed E-state index contributed by atoms with van der Waals surface area (Å²) in [5.41, 5.74) is 2.33. The molecular formula is C28H35ClN2O2. The molecule has 5 aliphatic rings. The minimum atomic E-state index is -0.626. The molecule has 1 aromatic carbocycles. The van der Waals surface area contributed by atoms with Gasteiger partial charge >= 0.3 is 0 Å². The highest BCUT2D eigenvalue weighted by Crippen LogP contribution is 2.65. The fraction of sp³-hybridized carbons (Fsp3) is 0.643. The van der Waals surface area contributed by atoms with Gasteiger partial charge in [-0.3, -0.25) is 9.59 Å². The van der Waals surface area contributed by atoms with Crippen molar-refractivity contribution in [2.24, 2.45) is 34.5 Å². The van der Waals surface area contributed by atoms with Gasteiger partial charge in [-0.25, -0.2) is 0 Å². The van der Waals surface area contributed by atoms with E-state index in [0.29, 0.717) is 34.4 Å². The molecule has 1 aromatic rings. The summed E-state index contributed by atoms with van der Waals surface area (Å²) in [6, 6.07) is 7.43. The Morgan fingerprint density at radius 3 is 2.55 bits per heavy atom. The SMILES string of the molecule is C[C@@]12CCC[C@H]1[C@@H]1CC=C3N(C4CC4)C(=O)C(C(=O)Nc4ccc(Cl)cc4)C[C@]3(C)[C@@H]1CC2. The highest BCUT2D eigenvalue weighted by atomic mass is 35.5. The van der Waals surface area contributed by atoms with E-state index in [0.717, 1.165) is 25.2 Å². The number of hydrogen-bond acceptors (Lipinski definition) is 2. The summed E-state index contributed by atoms with van der Waals surface area (Å²) in [4.78, 5) is 29.2. The maximum absolute atomic E-state index is 13.7. The Hall–Kier alpha value is -1.81. The second-order valence-electron chi connectivity index (χ2n) is 11.9. The highest BCUT2D eigenvalue weighted by Gasteiger charge is 2.60. The number of halogens is 1. The van der Waals surface area contributed by atoms with Gasteiger partial charge in [-0.05, 0) is 98.8 Å². The van der Waals surface area contributed by atoms with E-state index < -0.39 is 5.92 Å². The maximum atomic E-state index is 13.7. The van der Waals surface area contributed by atoms with E-state index in [9.17, 15) is 9.59 Å². The fourth-order valence-corrected chi connectivity index (χ4v) is 8.30. The molecule has 4 fully saturated rings. The summed E-state index contributed by atoms with van der Waals surface area (Å²) in [5, 5.41) is 3.65. The Balaban J connectivity index is 1.33. The molecule has 5 heteroatoms. The third kappa shape index (κ3) is 3.38. The zero-order chi connectivity index (χ0) is 23.0. The number of nitrogens with zero attached hydrogens (tertiary/aromatic N) is 1. The number of hydrogen-bond donors (Lipinski definition) is 1. The highest BCUT2D eigenvalue weighted by molar-refractivity contribution is 6.30. The number of piperidine rings is 1. The largest absolute Gasteiger partial charge is 0.325 e. The van der Waals surface area contributed by atoms with Crippen LogP contribution in [-0.4, -0.2) is 22.8 Å². The average molecular weight is 467 g/mol. The number of anilines is 1. The minimum absolute atomic E-state index is 0.00709. The van der Waals surface area contributed by atoms with E-state index in [1.54, 1.807) is 24.3 Å². The molecule has 0 spiro atoms. The summed E-state index contributed by atoms with van der Waals surface area (Å²) >= 11 is 6.01. The Bertz CT molecular complexity index is 1020. The fourth-order valence-electron chi connectivity index (χ4n) is 8.18. The van der Waals surface area contributed by atoms with Gasteiger partial charge in [-0.1, -0.05) is 37.9 Å². The van der Waals surface area contributed by atoms with Crippen LogP contribution in [0.2, 0.25) is 5.02 Å². The van der Waals surface area contributed by atoms with Gasteiger partial charge in [0.05, 0.1) is 0 Å². The number of amides is 2. The van der Waals surface area contributed by atoms with Crippen molar-refractivity contribution in [3.05, 3.63) is 41.1 Å². The van der Waals surface area contributed by atoms with Crippen LogP contribution in [0.15, 0.2) is 36.0 Å². The van der Waals surface area contributed by atoms with Crippen LogP contribution in [0, 0.1) is 34.5 Å². The molecular weight excluding hydrogens is 432 g/mol. The van der Waals surface area contributed by atoms with Crippen LogP contribution in [0.25, 0.3) is 0 Å². The quantitative estimate of drug-likeness (QED) is 0.523. The molecule has 4 aliphatic carbocycles. The molecule has 0 bridgehead atoms. The van der Waals surface area contributed by atoms with E-state index in [1.165, 1.54) is 37.8 Å².